The minimum Gasteiger partial charge on any atom is -0.373 e. The Kier molecular flexibility index (Phi) is 5.64. The quantitative estimate of drug-likeness (QED) is 0.879. The molecule has 0 amide bonds. The molecule has 2 heterocycles. The Morgan fingerprint density at radius 2 is 2.26 bits per heavy atom. The van der Waals surface area contributed by atoms with Crippen molar-refractivity contribution in [3.63, 3.8) is 0 Å². The molecule has 1 N–H and O–H groups in total. The van der Waals surface area contributed by atoms with Crippen LogP contribution >= 0.6 is 0 Å². The molecule has 0 aromatic carbocycles. The molecule has 1 atom stereocenters. The van der Waals surface area contributed by atoms with Gasteiger partial charge >= 0.3 is 0 Å². The summed E-state index contributed by atoms with van der Waals surface area (Å²) in [4.78, 5) is 6.88. The van der Waals surface area contributed by atoms with E-state index in [4.69, 9.17) is 0 Å². The first kappa shape index (κ1) is 14.3. The molecule has 0 radical (unpaired) electrons. The van der Waals surface area contributed by atoms with Crippen molar-refractivity contribution in [2.75, 3.05) is 25.5 Å². The van der Waals surface area contributed by atoms with Gasteiger partial charge in [-0.15, -0.1) is 0 Å². The summed E-state index contributed by atoms with van der Waals surface area (Å²) in [6.45, 7) is 5.87. The minimum atomic E-state index is 0.959. The fraction of sp³-hybridized carbons (Fsp3) is 0.688. The van der Waals surface area contributed by atoms with Gasteiger partial charge < -0.3 is 5.32 Å². The van der Waals surface area contributed by atoms with Crippen LogP contribution in [0.25, 0.3) is 0 Å². The molecule has 2 rings (SSSR count). The first-order chi connectivity index (χ1) is 9.31. The zero-order valence-corrected chi connectivity index (χ0v) is 12.4. The predicted molar refractivity (Wildman–Crippen MR) is 81.3 cm³/mol. The maximum Gasteiger partial charge on any atom is 0.125 e. The molecule has 1 fully saturated rings. The van der Waals surface area contributed by atoms with Crippen molar-refractivity contribution in [3.05, 3.63) is 23.9 Å². The summed E-state index contributed by atoms with van der Waals surface area (Å²) in [6, 6.07) is 4.30. The van der Waals surface area contributed by atoms with E-state index in [1.807, 2.05) is 13.2 Å². The Morgan fingerprint density at radius 3 is 3.05 bits per heavy atom. The second kappa shape index (κ2) is 7.49. The highest BCUT2D eigenvalue weighted by Gasteiger charge is 2.16. The van der Waals surface area contributed by atoms with Gasteiger partial charge in [0.2, 0.25) is 0 Å². The number of hydrogen-bond donors (Lipinski definition) is 1. The van der Waals surface area contributed by atoms with Crippen molar-refractivity contribution in [1.82, 2.24) is 9.88 Å². The molecule has 1 aromatic rings. The summed E-state index contributed by atoms with van der Waals surface area (Å²) in [5.74, 6) is 1.93. The molecule has 0 spiro atoms. The maximum absolute atomic E-state index is 4.28. The van der Waals surface area contributed by atoms with Gasteiger partial charge in [-0.2, -0.15) is 0 Å². The SMILES string of the molecule is CCCC1CCCN(Cc2ccnc(NC)c2)CC1. The maximum atomic E-state index is 4.28. The number of aromatic nitrogens is 1. The van der Waals surface area contributed by atoms with Crippen LogP contribution in [0.15, 0.2) is 18.3 Å². The van der Waals surface area contributed by atoms with Crippen molar-refractivity contribution in [2.45, 2.75) is 45.6 Å². The molecule has 0 aliphatic carbocycles. The summed E-state index contributed by atoms with van der Waals surface area (Å²) < 4.78 is 0. The standard InChI is InChI=1S/C16H27N3/c1-3-5-14-6-4-10-19(11-8-14)13-15-7-9-18-16(12-15)17-2/h7,9,12,14H,3-6,8,10-11,13H2,1-2H3,(H,17,18). The van der Waals surface area contributed by atoms with E-state index in [-0.39, 0.29) is 0 Å². The van der Waals surface area contributed by atoms with E-state index in [1.54, 1.807) is 0 Å². The third-order valence-electron chi connectivity index (χ3n) is 4.12. The van der Waals surface area contributed by atoms with Crippen LogP contribution in [0.4, 0.5) is 5.82 Å². The van der Waals surface area contributed by atoms with Crippen LogP contribution < -0.4 is 5.32 Å². The molecule has 106 valence electrons. The second-order valence-corrected chi connectivity index (χ2v) is 5.66. The lowest BCUT2D eigenvalue weighted by molar-refractivity contribution is 0.271. The summed E-state index contributed by atoms with van der Waals surface area (Å²) >= 11 is 0. The van der Waals surface area contributed by atoms with Gasteiger partial charge in [-0.1, -0.05) is 19.8 Å². The van der Waals surface area contributed by atoms with Crippen LogP contribution in [0.1, 0.15) is 44.6 Å². The number of likely N-dealkylation sites (tertiary alicyclic amines) is 1. The third-order valence-corrected chi connectivity index (χ3v) is 4.12. The van der Waals surface area contributed by atoms with Gasteiger partial charge in [-0.25, -0.2) is 4.98 Å². The van der Waals surface area contributed by atoms with Crippen LogP contribution in [-0.2, 0) is 6.54 Å². The van der Waals surface area contributed by atoms with Gasteiger partial charge in [-0.05, 0) is 56.0 Å². The molecule has 1 aliphatic rings. The van der Waals surface area contributed by atoms with E-state index in [0.29, 0.717) is 0 Å². The van der Waals surface area contributed by atoms with Gasteiger partial charge in [0.1, 0.15) is 5.82 Å². The normalized spacial score (nSPS) is 21.1. The van der Waals surface area contributed by atoms with E-state index >= 15 is 0 Å². The van der Waals surface area contributed by atoms with Gasteiger partial charge in [-0.3, -0.25) is 4.90 Å². The van der Waals surface area contributed by atoms with Gasteiger partial charge in [0.05, 0.1) is 0 Å². The molecule has 3 heteroatoms. The molecule has 19 heavy (non-hydrogen) atoms. The van der Waals surface area contributed by atoms with Crippen LogP contribution in [0.3, 0.4) is 0 Å². The molecule has 1 saturated heterocycles. The van der Waals surface area contributed by atoms with E-state index in [9.17, 15) is 0 Å². The number of hydrogen-bond acceptors (Lipinski definition) is 3. The summed E-state index contributed by atoms with van der Waals surface area (Å²) in [6.07, 6.45) is 8.79. The van der Waals surface area contributed by atoms with Crippen LogP contribution in [0.5, 0.6) is 0 Å². The van der Waals surface area contributed by atoms with Crippen LogP contribution in [0, 0.1) is 5.92 Å². The summed E-state index contributed by atoms with van der Waals surface area (Å²) in [5.41, 5.74) is 1.37. The van der Waals surface area contributed by atoms with Crippen molar-refractivity contribution in [2.24, 2.45) is 5.92 Å². The fourth-order valence-corrected chi connectivity index (χ4v) is 3.05. The number of nitrogens with one attached hydrogen (secondary N) is 1. The molecule has 1 unspecified atom stereocenters. The van der Waals surface area contributed by atoms with Gasteiger partial charge in [0, 0.05) is 19.8 Å². The monoisotopic (exact) mass is 261 g/mol. The highest BCUT2D eigenvalue weighted by atomic mass is 15.1. The Morgan fingerprint density at radius 1 is 1.37 bits per heavy atom. The molecular weight excluding hydrogens is 234 g/mol. The smallest absolute Gasteiger partial charge is 0.125 e. The van der Waals surface area contributed by atoms with E-state index < -0.39 is 0 Å². The first-order valence-electron chi connectivity index (χ1n) is 7.67. The Hall–Kier alpha value is -1.09. The highest BCUT2D eigenvalue weighted by Crippen LogP contribution is 2.23. The predicted octanol–water partition coefficient (Wildman–Crippen LogP) is 3.53. The topological polar surface area (TPSA) is 28.2 Å². The van der Waals surface area contributed by atoms with Crippen molar-refractivity contribution < 1.29 is 0 Å². The molecule has 1 aliphatic heterocycles. The van der Waals surface area contributed by atoms with E-state index in [1.165, 1.54) is 50.8 Å². The van der Waals surface area contributed by atoms with Crippen LogP contribution in [0.2, 0.25) is 0 Å². The first-order valence-corrected chi connectivity index (χ1v) is 7.67. The molecule has 3 nitrogen and oxygen atoms in total. The zero-order valence-electron chi connectivity index (χ0n) is 12.4. The highest BCUT2D eigenvalue weighted by molar-refractivity contribution is 5.36. The van der Waals surface area contributed by atoms with Crippen molar-refractivity contribution in [3.8, 4) is 0 Å². The lowest BCUT2D eigenvalue weighted by Gasteiger charge is -2.20. The minimum absolute atomic E-state index is 0.959. The number of pyridine rings is 1. The van der Waals surface area contributed by atoms with Gasteiger partial charge in [0.15, 0.2) is 0 Å². The summed E-state index contributed by atoms with van der Waals surface area (Å²) in [5, 5.41) is 3.11. The number of rotatable bonds is 5. The second-order valence-electron chi connectivity index (χ2n) is 5.66. The fourth-order valence-electron chi connectivity index (χ4n) is 3.05. The molecule has 0 bridgehead atoms. The van der Waals surface area contributed by atoms with Crippen molar-refractivity contribution >= 4 is 5.82 Å². The Balaban J connectivity index is 1.88. The van der Waals surface area contributed by atoms with Gasteiger partial charge in [0.25, 0.3) is 0 Å². The zero-order chi connectivity index (χ0) is 13.5. The number of nitrogens with zero attached hydrogens (tertiary/aromatic N) is 2. The summed E-state index contributed by atoms with van der Waals surface area (Å²) in [7, 11) is 1.92. The largest absolute Gasteiger partial charge is 0.373 e. The lowest BCUT2D eigenvalue weighted by Crippen LogP contribution is -2.24. The van der Waals surface area contributed by atoms with E-state index in [0.717, 1.165) is 18.3 Å². The third kappa shape index (κ3) is 4.50. The number of anilines is 1. The van der Waals surface area contributed by atoms with Crippen LogP contribution in [-0.4, -0.2) is 30.0 Å². The van der Waals surface area contributed by atoms with E-state index in [2.05, 4.69) is 34.3 Å². The average Bonchev–Trinajstić information content (AvgIpc) is 2.65. The van der Waals surface area contributed by atoms with Crippen molar-refractivity contribution in [1.29, 1.82) is 0 Å². The molecular formula is C16H27N3. The molecule has 0 saturated carbocycles. The molecule has 1 aromatic heterocycles. The average molecular weight is 261 g/mol. The Bertz CT molecular complexity index is 378. The Labute approximate surface area is 117 Å². The lowest BCUT2D eigenvalue weighted by atomic mass is 9.96.